The summed E-state index contributed by atoms with van der Waals surface area (Å²) in [6.07, 6.45) is 1.000. The molecule has 1 atom stereocenters. The van der Waals surface area contributed by atoms with E-state index in [0.29, 0.717) is 31.5 Å². The molecule has 5 nitrogen and oxygen atoms in total. The number of aryl methyl sites for hydroxylation is 1. The van der Waals surface area contributed by atoms with Gasteiger partial charge in [0, 0.05) is 13.1 Å². The van der Waals surface area contributed by atoms with Gasteiger partial charge < -0.3 is 4.90 Å². The summed E-state index contributed by atoms with van der Waals surface area (Å²) >= 11 is 0. The van der Waals surface area contributed by atoms with Crippen molar-refractivity contribution in [2.75, 3.05) is 6.54 Å². The van der Waals surface area contributed by atoms with E-state index in [2.05, 4.69) is 4.72 Å². The van der Waals surface area contributed by atoms with Gasteiger partial charge in [-0.25, -0.2) is 12.8 Å². The molecule has 1 saturated heterocycles. The van der Waals surface area contributed by atoms with Gasteiger partial charge in [0.1, 0.15) is 11.9 Å². The van der Waals surface area contributed by atoms with E-state index in [0.717, 1.165) is 5.56 Å². The van der Waals surface area contributed by atoms with Gasteiger partial charge in [0.2, 0.25) is 15.9 Å². The Morgan fingerprint density at radius 3 is 2.54 bits per heavy atom. The zero-order valence-corrected chi connectivity index (χ0v) is 15.3. The van der Waals surface area contributed by atoms with Crippen molar-refractivity contribution >= 4 is 15.9 Å². The summed E-state index contributed by atoms with van der Waals surface area (Å²) in [4.78, 5) is 14.4. The predicted molar refractivity (Wildman–Crippen MR) is 96.4 cm³/mol. The molecule has 2 aromatic rings. The molecule has 0 spiro atoms. The van der Waals surface area contributed by atoms with Crippen LogP contribution in [0.25, 0.3) is 0 Å². The Hall–Kier alpha value is -2.25. The highest BCUT2D eigenvalue weighted by Crippen LogP contribution is 2.20. The number of hydrogen-bond acceptors (Lipinski definition) is 3. The van der Waals surface area contributed by atoms with E-state index >= 15 is 0 Å². The zero-order valence-electron chi connectivity index (χ0n) is 14.5. The second kappa shape index (κ2) is 7.55. The number of carbonyl (C=O) groups is 1. The molecule has 0 bridgehead atoms. The van der Waals surface area contributed by atoms with Crippen molar-refractivity contribution in [1.82, 2.24) is 9.62 Å². The first kappa shape index (κ1) is 18.5. The molecular weight excluding hydrogens is 355 g/mol. The van der Waals surface area contributed by atoms with E-state index in [1.54, 1.807) is 41.3 Å². The SMILES string of the molecule is CCc1ccccc1S(=O)(=O)NC1CCN(Cc2ccc(F)cc2)C1=O. The molecule has 1 heterocycles. The quantitative estimate of drug-likeness (QED) is 0.842. The Morgan fingerprint density at radius 1 is 1.15 bits per heavy atom. The first-order valence-corrected chi connectivity index (χ1v) is 10.0. The minimum absolute atomic E-state index is 0.215. The molecule has 1 aliphatic rings. The van der Waals surface area contributed by atoms with Gasteiger partial charge in [-0.3, -0.25) is 4.79 Å². The van der Waals surface area contributed by atoms with Gasteiger partial charge in [-0.2, -0.15) is 4.72 Å². The molecular formula is C19H21FN2O3S. The molecule has 138 valence electrons. The second-order valence-corrected chi connectivity index (χ2v) is 7.99. The van der Waals surface area contributed by atoms with Gasteiger partial charge in [0.05, 0.1) is 4.90 Å². The van der Waals surface area contributed by atoms with Gasteiger partial charge in [-0.05, 0) is 42.2 Å². The van der Waals surface area contributed by atoms with Crippen LogP contribution in [0.5, 0.6) is 0 Å². The average Bonchev–Trinajstić information content (AvgIpc) is 2.96. The van der Waals surface area contributed by atoms with Crippen molar-refractivity contribution in [3.63, 3.8) is 0 Å². The lowest BCUT2D eigenvalue weighted by atomic mass is 10.2. The third kappa shape index (κ3) is 3.94. The van der Waals surface area contributed by atoms with E-state index in [1.807, 2.05) is 6.92 Å². The number of sulfonamides is 1. The van der Waals surface area contributed by atoms with Crippen molar-refractivity contribution in [2.45, 2.75) is 37.2 Å². The van der Waals surface area contributed by atoms with E-state index < -0.39 is 16.1 Å². The molecule has 3 rings (SSSR count). The minimum Gasteiger partial charge on any atom is -0.337 e. The van der Waals surface area contributed by atoms with Crippen LogP contribution in [0.3, 0.4) is 0 Å². The average molecular weight is 376 g/mol. The summed E-state index contributed by atoms with van der Waals surface area (Å²) in [5.41, 5.74) is 1.52. The molecule has 26 heavy (non-hydrogen) atoms. The van der Waals surface area contributed by atoms with Gasteiger partial charge in [-0.1, -0.05) is 37.3 Å². The number of nitrogens with zero attached hydrogens (tertiary/aromatic N) is 1. The van der Waals surface area contributed by atoms with Crippen LogP contribution >= 0.6 is 0 Å². The third-order valence-corrected chi connectivity index (χ3v) is 6.10. The molecule has 1 N–H and O–H groups in total. The van der Waals surface area contributed by atoms with Crippen LogP contribution in [0.15, 0.2) is 53.4 Å². The Bertz CT molecular complexity index is 897. The molecule has 0 aromatic heterocycles. The highest BCUT2D eigenvalue weighted by Gasteiger charge is 2.35. The number of halogens is 1. The normalized spacial score (nSPS) is 17.7. The maximum atomic E-state index is 13.0. The van der Waals surface area contributed by atoms with Crippen LogP contribution in [0.1, 0.15) is 24.5 Å². The highest BCUT2D eigenvalue weighted by molar-refractivity contribution is 7.89. The van der Waals surface area contributed by atoms with Crippen LogP contribution in [0.2, 0.25) is 0 Å². The number of amides is 1. The molecule has 2 aromatic carbocycles. The van der Waals surface area contributed by atoms with E-state index in [4.69, 9.17) is 0 Å². The largest absolute Gasteiger partial charge is 0.337 e. The van der Waals surface area contributed by atoms with Gasteiger partial charge >= 0.3 is 0 Å². The number of rotatable bonds is 6. The summed E-state index contributed by atoms with van der Waals surface area (Å²) in [5.74, 6) is -0.589. The molecule has 1 fully saturated rings. The standard InChI is InChI=1S/C19H21FN2O3S/c1-2-15-5-3-4-6-18(15)26(24,25)21-17-11-12-22(19(17)23)13-14-7-9-16(20)10-8-14/h3-10,17,21H,2,11-13H2,1H3. The predicted octanol–water partition coefficient (Wildman–Crippen LogP) is 2.47. The van der Waals surface area contributed by atoms with E-state index in [1.165, 1.54) is 12.1 Å². The van der Waals surface area contributed by atoms with Crippen LogP contribution in [0, 0.1) is 5.82 Å². The fourth-order valence-electron chi connectivity index (χ4n) is 3.12. The molecule has 1 aliphatic heterocycles. The zero-order chi connectivity index (χ0) is 18.7. The molecule has 1 amide bonds. The van der Waals surface area contributed by atoms with Crippen molar-refractivity contribution < 1.29 is 17.6 Å². The topological polar surface area (TPSA) is 66.5 Å². The minimum atomic E-state index is -3.77. The van der Waals surface area contributed by atoms with Gasteiger partial charge in [-0.15, -0.1) is 0 Å². The molecule has 1 unspecified atom stereocenters. The Kier molecular flexibility index (Phi) is 5.38. The van der Waals surface area contributed by atoms with Gasteiger partial charge in [0.15, 0.2) is 0 Å². The van der Waals surface area contributed by atoms with E-state index in [-0.39, 0.29) is 16.6 Å². The summed E-state index contributed by atoms with van der Waals surface area (Å²) in [6.45, 7) is 2.68. The van der Waals surface area contributed by atoms with E-state index in [9.17, 15) is 17.6 Å². The molecule has 7 heteroatoms. The summed E-state index contributed by atoms with van der Waals surface area (Å²) in [5, 5.41) is 0. The summed E-state index contributed by atoms with van der Waals surface area (Å²) in [7, 11) is -3.77. The number of benzene rings is 2. The number of nitrogens with one attached hydrogen (secondary N) is 1. The Balaban J connectivity index is 1.71. The Morgan fingerprint density at radius 2 is 1.85 bits per heavy atom. The fraction of sp³-hybridized carbons (Fsp3) is 0.316. The summed E-state index contributed by atoms with van der Waals surface area (Å²) < 4.78 is 40.9. The number of carbonyl (C=O) groups excluding carboxylic acids is 1. The van der Waals surface area contributed by atoms with Crippen molar-refractivity contribution in [1.29, 1.82) is 0 Å². The monoisotopic (exact) mass is 376 g/mol. The maximum absolute atomic E-state index is 13.0. The molecule has 0 aliphatic carbocycles. The lowest BCUT2D eigenvalue weighted by Gasteiger charge is -2.18. The van der Waals surface area contributed by atoms with Crippen molar-refractivity contribution in [3.8, 4) is 0 Å². The molecule has 0 saturated carbocycles. The molecule has 0 radical (unpaired) electrons. The first-order chi connectivity index (χ1) is 12.4. The maximum Gasteiger partial charge on any atom is 0.241 e. The number of hydrogen-bond donors (Lipinski definition) is 1. The lowest BCUT2D eigenvalue weighted by Crippen LogP contribution is -2.41. The van der Waals surface area contributed by atoms with Crippen LogP contribution in [0.4, 0.5) is 4.39 Å². The van der Waals surface area contributed by atoms with Crippen molar-refractivity contribution in [3.05, 3.63) is 65.5 Å². The van der Waals surface area contributed by atoms with Crippen LogP contribution in [-0.2, 0) is 27.8 Å². The van der Waals surface area contributed by atoms with Crippen LogP contribution in [-0.4, -0.2) is 31.8 Å². The fourth-order valence-corrected chi connectivity index (χ4v) is 4.66. The van der Waals surface area contributed by atoms with Gasteiger partial charge in [0.25, 0.3) is 0 Å². The number of likely N-dealkylation sites (tertiary alicyclic amines) is 1. The van der Waals surface area contributed by atoms with Crippen molar-refractivity contribution in [2.24, 2.45) is 0 Å². The Labute approximate surface area is 152 Å². The highest BCUT2D eigenvalue weighted by atomic mass is 32.2. The second-order valence-electron chi connectivity index (χ2n) is 6.31. The third-order valence-electron chi connectivity index (χ3n) is 4.52. The lowest BCUT2D eigenvalue weighted by molar-refractivity contribution is -0.129. The van der Waals surface area contributed by atoms with Crippen LogP contribution < -0.4 is 4.72 Å². The first-order valence-electron chi connectivity index (χ1n) is 8.54. The summed E-state index contributed by atoms with van der Waals surface area (Å²) in [6, 6.07) is 12.0. The smallest absolute Gasteiger partial charge is 0.241 e.